The summed E-state index contributed by atoms with van der Waals surface area (Å²) in [5.41, 5.74) is 6.12. The van der Waals surface area contributed by atoms with E-state index in [0.717, 1.165) is 0 Å². The van der Waals surface area contributed by atoms with E-state index in [4.69, 9.17) is 10.8 Å². The van der Waals surface area contributed by atoms with E-state index in [1.165, 1.54) is 0 Å². The molecule has 0 radical (unpaired) electrons. The Balaban J connectivity index is 2.91. The van der Waals surface area contributed by atoms with Crippen LogP contribution in [0.1, 0.15) is 5.69 Å². The summed E-state index contributed by atoms with van der Waals surface area (Å²) in [6.45, 7) is 1.70. The van der Waals surface area contributed by atoms with Crippen molar-refractivity contribution in [1.82, 2.24) is 14.9 Å². The molecule has 0 unspecified atom stereocenters. The summed E-state index contributed by atoms with van der Waals surface area (Å²) in [6.07, 6.45) is 0. The lowest BCUT2D eigenvalue weighted by molar-refractivity contribution is 0.452. The van der Waals surface area contributed by atoms with Crippen LogP contribution in [-0.2, 0) is 0 Å². The van der Waals surface area contributed by atoms with Gasteiger partial charge in [-0.1, -0.05) is 0 Å². The highest BCUT2D eigenvalue weighted by Crippen LogP contribution is 2.16. The highest BCUT2D eigenvalue weighted by molar-refractivity contribution is 5.79. The minimum atomic E-state index is -0.0506. The van der Waals surface area contributed by atoms with E-state index in [0.29, 0.717) is 17.6 Å². The van der Waals surface area contributed by atoms with Crippen LogP contribution in [0.4, 0.5) is 5.95 Å². The van der Waals surface area contributed by atoms with Gasteiger partial charge < -0.3 is 20.7 Å². The zero-order chi connectivity index (χ0) is 10.0. The Labute approximate surface area is 76.1 Å². The minimum Gasteiger partial charge on any atom is -0.492 e. The lowest BCUT2D eigenvalue weighted by Gasteiger charge is -2.08. The first kappa shape index (κ1) is 9.37. The number of aliphatic imine (C=N–C) groups is 1. The maximum absolute atomic E-state index is 9.13. The molecule has 4 N–H and O–H groups in total. The van der Waals surface area contributed by atoms with E-state index < -0.39 is 0 Å². The molecule has 0 saturated heterocycles. The second kappa shape index (κ2) is 3.34. The number of guanidine groups is 1. The molecule has 13 heavy (non-hydrogen) atoms. The van der Waals surface area contributed by atoms with Gasteiger partial charge in [0.2, 0.25) is 11.8 Å². The van der Waals surface area contributed by atoms with Crippen molar-refractivity contribution in [2.24, 2.45) is 10.7 Å². The Morgan fingerprint density at radius 1 is 1.62 bits per heavy atom. The zero-order valence-electron chi connectivity index (χ0n) is 7.87. The van der Waals surface area contributed by atoms with Gasteiger partial charge in [0.05, 0.1) is 5.69 Å². The van der Waals surface area contributed by atoms with Crippen molar-refractivity contribution in [3.05, 3.63) is 5.69 Å². The second-order valence-electron chi connectivity index (χ2n) is 2.87. The number of hydrogen-bond acceptors (Lipinski definition) is 3. The summed E-state index contributed by atoms with van der Waals surface area (Å²) < 4.78 is 0. The van der Waals surface area contributed by atoms with Crippen LogP contribution in [0.25, 0.3) is 0 Å². The molecule has 1 heterocycles. The van der Waals surface area contributed by atoms with Crippen molar-refractivity contribution >= 4 is 11.9 Å². The third kappa shape index (κ3) is 2.11. The lowest BCUT2D eigenvalue weighted by atomic mass is 10.5. The van der Waals surface area contributed by atoms with Crippen molar-refractivity contribution in [3.63, 3.8) is 0 Å². The molecular formula is C7H13N5O. The van der Waals surface area contributed by atoms with Crippen molar-refractivity contribution < 1.29 is 5.11 Å². The fourth-order valence-corrected chi connectivity index (χ4v) is 0.697. The number of aryl methyl sites for hydroxylation is 1. The van der Waals surface area contributed by atoms with Crippen LogP contribution in [0, 0.1) is 6.92 Å². The van der Waals surface area contributed by atoms with Gasteiger partial charge >= 0.3 is 0 Å². The molecule has 0 fully saturated rings. The molecule has 0 aliphatic rings. The number of rotatable bonds is 1. The molecule has 1 aromatic rings. The summed E-state index contributed by atoms with van der Waals surface area (Å²) in [5.74, 6) is 0.584. The van der Waals surface area contributed by atoms with Crippen LogP contribution in [-0.4, -0.2) is 40.0 Å². The summed E-state index contributed by atoms with van der Waals surface area (Å²) >= 11 is 0. The van der Waals surface area contributed by atoms with Crippen molar-refractivity contribution in [2.75, 3.05) is 14.1 Å². The fourth-order valence-electron chi connectivity index (χ4n) is 0.697. The molecule has 72 valence electrons. The number of aromatic amines is 1. The van der Waals surface area contributed by atoms with E-state index in [1.807, 2.05) is 0 Å². The van der Waals surface area contributed by atoms with Crippen LogP contribution in [0.15, 0.2) is 4.99 Å². The summed E-state index contributed by atoms with van der Waals surface area (Å²) in [4.78, 5) is 12.1. The topological polar surface area (TPSA) is 90.5 Å². The molecule has 0 spiro atoms. The second-order valence-corrected chi connectivity index (χ2v) is 2.87. The van der Waals surface area contributed by atoms with Gasteiger partial charge in [0.1, 0.15) is 0 Å². The SMILES string of the molecule is Cc1[nH]c(/N=C(\N)N(C)C)nc1O. The van der Waals surface area contributed by atoms with Gasteiger partial charge in [-0.2, -0.15) is 9.98 Å². The van der Waals surface area contributed by atoms with Gasteiger partial charge in [0.25, 0.3) is 0 Å². The summed E-state index contributed by atoms with van der Waals surface area (Å²) in [6, 6.07) is 0. The van der Waals surface area contributed by atoms with E-state index in [2.05, 4.69) is 15.0 Å². The van der Waals surface area contributed by atoms with Crippen molar-refractivity contribution in [2.45, 2.75) is 6.92 Å². The molecule has 0 aromatic carbocycles. The van der Waals surface area contributed by atoms with Gasteiger partial charge in [-0.3, -0.25) is 0 Å². The van der Waals surface area contributed by atoms with Crippen LogP contribution < -0.4 is 5.73 Å². The quantitative estimate of drug-likeness (QED) is 0.420. The summed E-state index contributed by atoms with van der Waals surface area (Å²) in [5, 5.41) is 9.13. The Kier molecular flexibility index (Phi) is 2.41. The Morgan fingerprint density at radius 3 is 2.62 bits per heavy atom. The number of nitrogens with one attached hydrogen (secondary N) is 1. The van der Waals surface area contributed by atoms with Crippen molar-refractivity contribution in [1.29, 1.82) is 0 Å². The van der Waals surface area contributed by atoms with E-state index in [-0.39, 0.29) is 5.88 Å². The van der Waals surface area contributed by atoms with Crippen molar-refractivity contribution in [3.8, 4) is 5.88 Å². The smallest absolute Gasteiger partial charge is 0.233 e. The van der Waals surface area contributed by atoms with Gasteiger partial charge in [0, 0.05) is 14.1 Å². The standard InChI is InChI=1S/C7H13N5O/c1-4-5(13)10-7(9-4)11-6(8)12(2)3/h13H,1-3H3,(H3,8,9,10,11). The van der Waals surface area contributed by atoms with Gasteiger partial charge in [-0.15, -0.1) is 0 Å². The molecular weight excluding hydrogens is 170 g/mol. The molecule has 0 bridgehead atoms. The number of imidazole rings is 1. The fraction of sp³-hybridized carbons (Fsp3) is 0.429. The molecule has 0 amide bonds. The van der Waals surface area contributed by atoms with E-state index in [9.17, 15) is 0 Å². The number of H-pyrrole nitrogens is 1. The number of nitrogens with zero attached hydrogens (tertiary/aromatic N) is 3. The number of nitrogens with two attached hydrogens (primary N) is 1. The predicted molar refractivity (Wildman–Crippen MR) is 50.0 cm³/mol. The third-order valence-electron chi connectivity index (χ3n) is 1.53. The van der Waals surface area contributed by atoms with Gasteiger partial charge in [0.15, 0.2) is 5.96 Å². The Morgan fingerprint density at radius 2 is 2.23 bits per heavy atom. The van der Waals surface area contributed by atoms with Crippen LogP contribution in [0.5, 0.6) is 5.88 Å². The molecule has 6 heteroatoms. The van der Waals surface area contributed by atoms with E-state index in [1.54, 1.807) is 25.9 Å². The molecule has 6 nitrogen and oxygen atoms in total. The predicted octanol–water partition coefficient (Wildman–Crippen LogP) is -0.0685. The lowest BCUT2D eigenvalue weighted by Crippen LogP contribution is -2.29. The maximum Gasteiger partial charge on any atom is 0.233 e. The first-order chi connectivity index (χ1) is 6.00. The monoisotopic (exact) mass is 183 g/mol. The number of hydrogen-bond donors (Lipinski definition) is 3. The molecule has 1 rings (SSSR count). The molecule has 0 atom stereocenters. The van der Waals surface area contributed by atoms with Crippen LogP contribution in [0.2, 0.25) is 0 Å². The minimum absolute atomic E-state index is 0.0506. The summed E-state index contributed by atoms with van der Waals surface area (Å²) in [7, 11) is 3.54. The maximum atomic E-state index is 9.13. The average molecular weight is 183 g/mol. The normalized spacial score (nSPS) is 11.8. The largest absolute Gasteiger partial charge is 0.492 e. The number of aromatic nitrogens is 2. The number of aromatic hydroxyl groups is 1. The third-order valence-corrected chi connectivity index (χ3v) is 1.53. The Bertz CT molecular complexity index is 308. The first-order valence-corrected chi connectivity index (χ1v) is 3.77. The highest BCUT2D eigenvalue weighted by Gasteiger charge is 2.04. The molecule has 0 aliphatic heterocycles. The molecule has 1 aromatic heterocycles. The van der Waals surface area contributed by atoms with E-state index >= 15 is 0 Å². The Hall–Kier alpha value is -1.72. The first-order valence-electron chi connectivity index (χ1n) is 3.77. The van der Waals surface area contributed by atoms with Gasteiger partial charge in [-0.25, -0.2) is 0 Å². The van der Waals surface area contributed by atoms with Crippen LogP contribution >= 0.6 is 0 Å². The molecule has 0 aliphatic carbocycles. The highest BCUT2D eigenvalue weighted by atomic mass is 16.3. The zero-order valence-corrected chi connectivity index (χ0v) is 7.87. The van der Waals surface area contributed by atoms with Gasteiger partial charge in [-0.05, 0) is 6.92 Å². The van der Waals surface area contributed by atoms with Crippen LogP contribution in [0.3, 0.4) is 0 Å². The molecule has 0 saturated carbocycles. The average Bonchev–Trinajstić information content (AvgIpc) is 2.31.